The van der Waals surface area contributed by atoms with E-state index in [1.165, 1.54) is 11.1 Å². The normalized spacial score (nSPS) is 11.0. The fourth-order valence-corrected chi connectivity index (χ4v) is 2.51. The maximum atomic E-state index is 5.99. The smallest absolute Gasteiger partial charge is 0.170 e. The standard InChI is InChI=1S/C17H16ClNO2/c1-12-5-2-3-6-13(12)11-20-15-7-4-8-16-17(15)14(9-10-18)19-21-16/h2-8H,9-11H2,1H3. The van der Waals surface area contributed by atoms with Gasteiger partial charge in [-0.2, -0.15) is 0 Å². The number of ether oxygens (including phenoxy) is 1. The quantitative estimate of drug-likeness (QED) is 0.651. The first-order chi connectivity index (χ1) is 10.3. The number of nitrogens with zero attached hydrogens (tertiary/aromatic N) is 1. The summed E-state index contributed by atoms with van der Waals surface area (Å²) in [7, 11) is 0. The summed E-state index contributed by atoms with van der Waals surface area (Å²) in [5, 5.41) is 5.00. The van der Waals surface area contributed by atoms with Gasteiger partial charge in [0.25, 0.3) is 0 Å². The molecule has 3 nitrogen and oxygen atoms in total. The highest BCUT2D eigenvalue weighted by atomic mass is 35.5. The van der Waals surface area contributed by atoms with E-state index in [0.29, 0.717) is 18.9 Å². The molecule has 0 aliphatic heterocycles. The molecule has 2 aromatic carbocycles. The Morgan fingerprint density at radius 1 is 1.14 bits per heavy atom. The van der Waals surface area contributed by atoms with Crippen molar-refractivity contribution in [2.24, 2.45) is 0 Å². The molecule has 0 atom stereocenters. The Labute approximate surface area is 128 Å². The summed E-state index contributed by atoms with van der Waals surface area (Å²) in [6.07, 6.45) is 0.666. The second-order valence-electron chi connectivity index (χ2n) is 4.91. The van der Waals surface area contributed by atoms with Crippen LogP contribution in [0.1, 0.15) is 16.8 Å². The number of halogens is 1. The predicted molar refractivity (Wildman–Crippen MR) is 83.9 cm³/mol. The highest BCUT2D eigenvalue weighted by Gasteiger charge is 2.13. The summed E-state index contributed by atoms with van der Waals surface area (Å²) < 4.78 is 11.3. The van der Waals surface area contributed by atoms with Gasteiger partial charge in [-0.25, -0.2) is 0 Å². The average molecular weight is 302 g/mol. The first-order valence-corrected chi connectivity index (χ1v) is 7.43. The number of fused-ring (bicyclic) bond motifs is 1. The Morgan fingerprint density at radius 2 is 2.00 bits per heavy atom. The van der Waals surface area contributed by atoms with Gasteiger partial charge < -0.3 is 9.26 Å². The molecule has 3 aromatic rings. The Bertz CT molecular complexity index is 751. The van der Waals surface area contributed by atoms with E-state index in [0.717, 1.165) is 22.4 Å². The van der Waals surface area contributed by atoms with Gasteiger partial charge in [-0.15, -0.1) is 11.6 Å². The number of aromatic nitrogens is 1. The maximum absolute atomic E-state index is 5.99. The fourth-order valence-electron chi connectivity index (χ4n) is 2.33. The van der Waals surface area contributed by atoms with E-state index in [1.807, 2.05) is 30.3 Å². The average Bonchev–Trinajstić information content (AvgIpc) is 2.91. The molecule has 1 heterocycles. The van der Waals surface area contributed by atoms with Crippen LogP contribution < -0.4 is 4.74 Å². The molecule has 3 rings (SSSR count). The Balaban J connectivity index is 1.90. The molecule has 0 aliphatic rings. The van der Waals surface area contributed by atoms with Gasteiger partial charge in [0, 0.05) is 12.3 Å². The van der Waals surface area contributed by atoms with Crippen molar-refractivity contribution in [2.75, 3.05) is 5.88 Å². The van der Waals surface area contributed by atoms with E-state index in [9.17, 15) is 0 Å². The van der Waals surface area contributed by atoms with Crippen LogP contribution in [0.3, 0.4) is 0 Å². The Hall–Kier alpha value is -2.00. The molecule has 0 radical (unpaired) electrons. The lowest BCUT2D eigenvalue weighted by atomic mass is 10.1. The summed E-state index contributed by atoms with van der Waals surface area (Å²) in [4.78, 5) is 0. The molecule has 1 aromatic heterocycles. The lowest BCUT2D eigenvalue weighted by Crippen LogP contribution is -1.98. The van der Waals surface area contributed by atoms with Crippen molar-refractivity contribution in [3.05, 3.63) is 59.3 Å². The third kappa shape index (κ3) is 2.88. The van der Waals surface area contributed by atoms with Crippen molar-refractivity contribution in [3.8, 4) is 5.75 Å². The monoisotopic (exact) mass is 301 g/mol. The molecule has 0 N–H and O–H groups in total. The first kappa shape index (κ1) is 14.0. The van der Waals surface area contributed by atoms with Gasteiger partial charge in [-0.05, 0) is 30.2 Å². The van der Waals surface area contributed by atoms with Gasteiger partial charge in [-0.1, -0.05) is 35.5 Å². The lowest BCUT2D eigenvalue weighted by Gasteiger charge is -2.09. The third-order valence-corrected chi connectivity index (χ3v) is 3.70. The molecule has 108 valence electrons. The van der Waals surface area contributed by atoms with Crippen LogP contribution in [-0.4, -0.2) is 11.0 Å². The summed E-state index contributed by atoms with van der Waals surface area (Å²) in [5.74, 6) is 1.30. The molecule has 0 saturated carbocycles. The molecular formula is C17H16ClNO2. The van der Waals surface area contributed by atoms with E-state index >= 15 is 0 Å². The Kier molecular flexibility index (Phi) is 4.11. The largest absolute Gasteiger partial charge is 0.488 e. The first-order valence-electron chi connectivity index (χ1n) is 6.90. The molecule has 0 bridgehead atoms. The molecule has 0 aliphatic carbocycles. The van der Waals surface area contributed by atoms with E-state index in [2.05, 4.69) is 24.2 Å². The zero-order valence-corrected chi connectivity index (χ0v) is 12.6. The zero-order valence-electron chi connectivity index (χ0n) is 11.8. The number of aryl methyl sites for hydroxylation is 2. The minimum atomic E-state index is 0.508. The van der Waals surface area contributed by atoms with Crippen molar-refractivity contribution < 1.29 is 9.26 Å². The number of rotatable bonds is 5. The van der Waals surface area contributed by atoms with Crippen molar-refractivity contribution in [1.29, 1.82) is 0 Å². The van der Waals surface area contributed by atoms with Gasteiger partial charge >= 0.3 is 0 Å². The molecule has 4 heteroatoms. The van der Waals surface area contributed by atoms with Crippen LogP contribution in [0, 0.1) is 6.92 Å². The molecular weight excluding hydrogens is 286 g/mol. The summed E-state index contributed by atoms with van der Waals surface area (Å²) in [5.41, 5.74) is 3.97. The van der Waals surface area contributed by atoms with Gasteiger partial charge in [0.1, 0.15) is 12.4 Å². The van der Waals surface area contributed by atoms with Crippen LogP contribution in [-0.2, 0) is 13.0 Å². The number of benzene rings is 2. The number of alkyl halides is 1. The second-order valence-corrected chi connectivity index (χ2v) is 5.29. The summed E-state index contributed by atoms with van der Waals surface area (Å²) >= 11 is 5.82. The SMILES string of the molecule is Cc1ccccc1COc1cccc2onc(CCCl)c12. The van der Waals surface area contributed by atoms with E-state index in [4.69, 9.17) is 20.9 Å². The van der Waals surface area contributed by atoms with Crippen LogP contribution in [0.2, 0.25) is 0 Å². The molecule has 0 unspecified atom stereocenters. The highest BCUT2D eigenvalue weighted by molar-refractivity contribution is 6.18. The van der Waals surface area contributed by atoms with E-state index in [1.54, 1.807) is 0 Å². The van der Waals surface area contributed by atoms with E-state index in [-0.39, 0.29) is 0 Å². The van der Waals surface area contributed by atoms with Crippen LogP contribution in [0.15, 0.2) is 47.0 Å². The summed E-state index contributed by atoms with van der Waals surface area (Å²) in [6, 6.07) is 13.9. The minimum absolute atomic E-state index is 0.508. The third-order valence-electron chi connectivity index (χ3n) is 3.51. The van der Waals surface area contributed by atoms with Gasteiger partial charge in [0.2, 0.25) is 0 Å². The predicted octanol–water partition coefficient (Wildman–Crippen LogP) is 4.50. The topological polar surface area (TPSA) is 35.3 Å². The van der Waals surface area contributed by atoms with Crippen LogP contribution in [0.5, 0.6) is 5.75 Å². The van der Waals surface area contributed by atoms with E-state index < -0.39 is 0 Å². The van der Waals surface area contributed by atoms with Crippen LogP contribution >= 0.6 is 11.6 Å². The molecule has 0 fully saturated rings. The summed E-state index contributed by atoms with van der Waals surface area (Å²) in [6.45, 7) is 2.61. The maximum Gasteiger partial charge on any atom is 0.170 e. The number of hydrogen-bond acceptors (Lipinski definition) is 3. The van der Waals surface area contributed by atoms with Crippen molar-refractivity contribution in [3.63, 3.8) is 0 Å². The van der Waals surface area contributed by atoms with Gasteiger partial charge in [-0.3, -0.25) is 0 Å². The van der Waals surface area contributed by atoms with Gasteiger partial charge in [0.05, 0.1) is 11.1 Å². The minimum Gasteiger partial charge on any atom is -0.488 e. The Morgan fingerprint density at radius 3 is 2.81 bits per heavy atom. The van der Waals surface area contributed by atoms with Crippen LogP contribution in [0.25, 0.3) is 11.0 Å². The molecule has 0 saturated heterocycles. The molecule has 21 heavy (non-hydrogen) atoms. The van der Waals surface area contributed by atoms with Crippen molar-refractivity contribution in [1.82, 2.24) is 5.16 Å². The molecule has 0 amide bonds. The molecule has 0 spiro atoms. The van der Waals surface area contributed by atoms with Crippen molar-refractivity contribution >= 4 is 22.6 Å². The fraction of sp³-hybridized carbons (Fsp3) is 0.235. The highest BCUT2D eigenvalue weighted by Crippen LogP contribution is 2.30. The van der Waals surface area contributed by atoms with Crippen LogP contribution in [0.4, 0.5) is 0 Å². The lowest BCUT2D eigenvalue weighted by molar-refractivity contribution is 0.309. The van der Waals surface area contributed by atoms with Gasteiger partial charge in [0.15, 0.2) is 5.58 Å². The second kappa shape index (κ2) is 6.19. The zero-order chi connectivity index (χ0) is 14.7. The number of hydrogen-bond donors (Lipinski definition) is 0. The van der Waals surface area contributed by atoms with Crippen molar-refractivity contribution in [2.45, 2.75) is 20.0 Å².